The second-order valence-electron chi connectivity index (χ2n) is 5.61. The second-order valence-corrected chi connectivity index (χ2v) is 5.61. The maximum Gasteiger partial charge on any atom is 0.161 e. The molecule has 0 saturated carbocycles. The first kappa shape index (κ1) is 17.7. The monoisotopic (exact) mass is 294 g/mol. The molecular formula is C18H30O3. The number of hydrogen-bond acceptors (Lipinski definition) is 3. The van der Waals surface area contributed by atoms with Crippen LogP contribution < -0.4 is 4.74 Å². The molecule has 120 valence electrons. The number of ether oxygens (including phenoxy) is 1. The third-order valence-corrected chi connectivity index (χ3v) is 3.77. The Bertz CT molecular complexity index is 427. The van der Waals surface area contributed by atoms with Crippen LogP contribution in [0.4, 0.5) is 0 Å². The summed E-state index contributed by atoms with van der Waals surface area (Å²) >= 11 is 0. The van der Waals surface area contributed by atoms with Crippen molar-refractivity contribution in [2.45, 2.75) is 72.1 Å². The Labute approximate surface area is 129 Å². The number of hydrogen-bond donors (Lipinski definition) is 2. The minimum absolute atomic E-state index is 0.0393. The highest BCUT2D eigenvalue weighted by molar-refractivity contribution is 5.56. The summed E-state index contributed by atoms with van der Waals surface area (Å²) in [6, 6.07) is 1.57. The van der Waals surface area contributed by atoms with Crippen LogP contribution in [-0.4, -0.2) is 16.8 Å². The van der Waals surface area contributed by atoms with Gasteiger partial charge in [-0.2, -0.15) is 0 Å². The van der Waals surface area contributed by atoms with Crippen molar-refractivity contribution in [2.24, 2.45) is 0 Å². The second kappa shape index (κ2) is 9.54. The van der Waals surface area contributed by atoms with Crippen molar-refractivity contribution < 1.29 is 14.9 Å². The molecule has 1 rings (SSSR count). The van der Waals surface area contributed by atoms with Gasteiger partial charge in [0.2, 0.25) is 0 Å². The SMILES string of the molecule is CCCCOc1cc(O)c(O)c(CCCC)c1CCCC. The van der Waals surface area contributed by atoms with Gasteiger partial charge in [-0.05, 0) is 32.1 Å². The van der Waals surface area contributed by atoms with Gasteiger partial charge in [0.05, 0.1) is 6.61 Å². The minimum Gasteiger partial charge on any atom is -0.504 e. The van der Waals surface area contributed by atoms with E-state index < -0.39 is 0 Å². The van der Waals surface area contributed by atoms with Gasteiger partial charge < -0.3 is 14.9 Å². The van der Waals surface area contributed by atoms with Crippen LogP contribution in [0.2, 0.25) is 0 Å². The van der Waals surface area contributed by atoms with E-state index in [2.05, 4.69) is 20.8 Å². The fourth-order valence-corrected chi connectivity index (χ4v) is 2.43. The van der Waals surface area contributed by atoms with E-state index in [1.54, 1.807) is 6.07 Å². The van der Waals surface area contributed by atoms with Gasteiger partial charge in [0.15, 0.2) is 11.5 Å². The third kappa shape index (κ3) is 5.14. The Morgan fingerprint density at radius 3 is 2.00 bits per heavy atom. The van der Waals surface area contributed by atoms with Crippen LogP contribution in [0.15, 0.2) is 6.07 Å². The molecule has 1 aromatic carbocycles. The van der Waals surface area contributed by atoms with Gasteiger partial charge in [-0.1, -0.05) is 40.0 Å². The summed E-state index contributed by atoms with van der Waals surface area (Å²) in [6.07, 6.45) is 8.00. The molecule has 3 heteroatoms. The molecule has 0 amide bonds. The lowest BCUT2D eigenvalue weighted by Crippen LogP contribution is -2.04. The molecule has 0 unspecified atom stereocenters. The maximum absolute atomic E-state index is 10.2. The van der Waals surface area contributed by atoms with Crippen LogP contribution in [0.1, 0.15) is 70.4 Å². The van der Waals surface area contributed by atoms with Crippen LogP contribution in [-0.2, 0) is 12.8 Å². The molecule has 0 aromatic heterocycles. The summed E-state index contributed by atoms with van der Waals surface area (Å²) in [7, 11) is 0. The van der Waals surface area contributed by atoms with E-state index in [0.29, 0.717) is 6.61 Å². The first-order chi connectivity index (χ1) is 10.2. The van der Waals surface area contributed by atoms with Crippen LogP contribution in [0.3, 0.4) is 0 Å². The Morgan fingerprint density at radius 2 is 1.43 bits per heavy atom. The van der Waals surface area contributed by atoms with E-state index in [-0.39, 0.29) is 11.5 Å². The molecule has 0 heterocycles. The fourth-order valence-electron chi connectivity index (χ4n) is 2.43. The highest BCUT2D eigenvalue weighted by Crippen LogP contribution is 2.39. The predicted molar refractivity (Wildman–Crippen MR) is 87.4 cm³/mol. The van der Waals surface area contributed by atoms with E-state index in [0.717, 1.165) is 68.2 Å². The molecule has 3 nitrogen and oxygen atoms in total. The Balaban J connectivity index is 3.09. The molecule has 0 aliphatic rings. The highest BCUT2D eigenvalue weighted by atomic mass is 16.5. The molecule has 0 aliphatic heterocycles. The summed E-state index contributed by atoms with van der Waals surface area (Å²) in [5.41, 5.74) is 1.95. The first-order valence-corrected chi connectivity index (χ1v) is 8.35. The van der Waals surface area contributed by atoms with Crippen LogP contribution in [0, 0.1) is 0 Å². The summed E-state index contributed by atoms with van der Waals surface area (Å²) in [6.45, 7) is 7.07. The molecule has 1 aromatic rings. The summed E-state index contributed by atoms with van der Waals surface area (Å²) in [5.74, 6) is 0.726. The summed E-state index contributed by atoms with van der Waals surface area (Å²) in [4.78, 5) is 0. The van der Waals surface area contributed by atoms with Crippen molar-refractivity contribution in [3.8, 4) is 17.2 Å². The van der Waals surface area contributed by atoms with Crippen molar-refractivity contribution in [3.05, 3.63) is 17.2 Å². The minimum atomic E-state index is -0.0622. The lowest BCUT2D eigenvalue weighted by Gasteiger charge is -2.18. The molecule has 21 heavy (non-hydrogen) atoms. The molecule has 0 radical (unpaired) electrons. The van der Waals surface area contributed by atoms with Crippen LogP contribution >= 0.6 is 0 Å². The normalized spacial score (nSPS) is 10.8. The van der Waals surface area contributed by atoms with Crippen molar-refractivity contribution >= 4 is 0 Å². The van der Waals surface area contributed by atoms with E-state index >= 15 is 0 Å². The molecule has 0 bridgehead atoms. The van der Waals surface area contributed by atoms with Gasteiger partial charge in [0.25, 0.3) is 0 Å². The molecule has 0 aliphatic carbocycles. The van der Waals surface area contributed by atoms with Gasteiger partial charge in [-0.3, -0.25) is 0 Å². The molecule has 0 atom stereocenters. The van der Waals surface area contributed by atoms with Crippen molar-refractivity contribution in [2.75, 3.05) is 6.61 Å². The standard InChI is InChI=1S/C18H30O3/c1-4-7-10-14-15(11-8-5-2)18(20)16(19)13-17(14)21-12-9-6-3/h13,19-20H,4-12H2,1-3H3. The van der Waals surface area contributed by atoms with Gasteiger partial charge >= 0.3 is 0 Å². The Kier molecular flexibility index (Phi) is 8.03. The molecular weight excluding hydrogens is 264 g/mol. The van der Waals surface area contributed by atoms with Crippen molar-refractivity contribution in [1.82, 2.24) is 0 Å². The molecule has 0 saturated heterocycles. The fraction of sp³-hybridized carbons (Fsp3) is 0.667. The number of aromatic hydroxyl groups is 2. The zero-order valence-corrected chi connectivity index (χ0v) is 13.7. The van der Waals surface area contributed by atoms with E-state index in [4.69, 9.17) is 4.74 Å². The van der Waals surface area contributed by atoms with E-state index in [9.17, 15) is 10.2 Å². The lowest BCUT2D eigenvalue weighted by molar-refractivity contribution is 0.301. The zero-order valence-electron chi connectivity index (χ0n) is 13.7. The zero-order chi connectivity index (χ0) is 15.7. The summed E-state index contributed by atoms with van der Waals surface area (Å²) in [5, 5.41) is 20.2. The number of phenols is 2. The molecule has 2 N–H and O–H groups in total. The first-order valence-electron chi connectivity index (χ1n) is 8.35. The van der Waals surface area contributed by atoms with Gasteiger partial charge in [-0.15, -0.1) is 0 Å². The topological polar surface area (TPSA) is 49.7 Å². The van der Waals surface area contributed by atoms with Crippen molar-refractivity contribution in [3.63, 3.8) is 0 Å². The maximum atomic E-state index is 10.2. The lowest BCUT2D eigenvalue weighted by atomic mass is 9.95. The number of benzene rings is 1. The van der Waals surface area contributed by atoms with Gasteiger partial charge in [0.1, 0.15) is 5.75 Å². The average molecular weight is 294 g/mol. The molecule has 0 fully saturated rings. The largest absolute Gasteiger partial charge is 0.504 e. The quantitative estimate of drug-likeness (QED) is 0.473. The number of phenolic OH excluding ortho intramolecular Hbond substituents is 2. The van der Waals surface area contributed by atoms with Gasteiger partial charge in [0, 0.05) is 17.2 Å². The van der Waals surface area contributed by atoms with Gasteiger partial charge in [-0.25, -0.2) is 0 Å². The van der Waals surface area contributed by atoms with E-state index in [1.165, 1.54) is 0 Å². The summed E-state index contributed by atoms with van der Waals surface area (Å²) < 4.78 is 5.86. The van der Waals surface area contributed by atoms with Crippen molar-refractivity contribution in [1.29, 1.82) is 0 Å². The number of rotatable bonds is 10. The Morgan fingerprint density at radius 1 is 0.857 bits per heavy atom. The van der Waals surface area contributed by atoms with Crippen LogP contribution in [0.25, 0.3) is 0 Å². The average Bonchev–Trinajstić information content (AvgIpc) is 2.48. The number of unbranched alkanes of at least 4 members (excludes halogenated alkanes) is 3. The highest BCUT2D eigenvalue weighted by Gasteiger charge is 2.17. The van der Waals surface area contributed by atoms with E-state index in [1.807, 2.05) is 0 Å². The molecule has 0 spiro atoms. The Hall–Kier alpha value is -1.38. The third-order valence-electron chi connectivity index (χ3n) is 3.77. The predicted octanol–water partition coefficient (Wildman–Crippen LogP) is 4.96. The smallest absolute Gasteiger partial charge is 0.161 e. The van der Waals surface area contributed by atoms with Crippen LogP contribution in [0.5, 0.6) is 17.2 Å².